The fourth-order valence-corrected chi connectivity index (χ4v) is 1.36. The van der Waals surface area contributed by atoms with E-state index in [0.29, 0.717) is 0 Å². The van der Waals surface area contributed by atoms with Gasteiger partial charge in [-0.3, -0.25) is 4.68 Å². The Kier molecular flexibility index (Phi) is 4.05. The van der Waals surface area contributed by atoms with Crippen LogP contribution in [0.15, 0.2) is 36.7 Å². The first-order valence-corrected chi connectivity index (χ1v) is 4.41. The average Bonchev–Trinajstić information content (AvgIpc) is 2.70. The molecule has 2 nitrogen and oxygen atoms in total. The van der Waals surface area contributed by atoms with E-state index in [2.05, 4.69) is 24.2 Å². The Labute approximate surface area is 97.3 Å². The largest absolute Gasteiger partial charge is 0.265 e. The Morgan fingerprint density at radius 3 is 2.93 bits per heavy atom. The molecule has 0 saturated heterocycles. The van der Waals surface area contributed by atoms with Gasteiger partial charge in [0.15, 0.2) is 0 Å². The Hall–Kier alpha value is -0.921. The fourth-order valence-electron chi connectivity index (χ4n) is 1.36. The summed E-state index contributed by atoms with van der Waals surface area (Å²) in [6.07, 6.45) is 4.72. The molecule has 0 aliphatic heterocycles. The first-order chi connectivity index (χ1) is 6.42. The number of rotatable bonds is 2. The fraction of sp³-hybridized carbons (Fsp3) is 0.182. The van der Waals surface area contributed by atoms with Gasteiger partial charge in [0.25, 0.3) is 0 Å². The topological polar surface area (TPSA) is 17.8 Å². The van der Waals surface area contributed by atoms with Crippen molar-refractivity contribution in [1.29, 1.82) is 0 Å². The van der Waals surface area contributed by atoms with Crippen molar-refractivity contribution in [2.24, 2.45) is 0 Å². The van der Waals surface area contributed by atoms with Crippen LogP contribution in [0.1, 0.15) is 12.5 Å². The summed E-state index contributed by atoms with van der Waals surface area (Å²) in [7, 11) is 0. The Morgan fingerprint density at radius 1 is 1.43 bits per heavy atom. The molecule has 2 aromatic rings. The molecule has 0 bridgehead atoms. The second-order valence-electron chi connectivity index (χ2n) is 2.85. The number of hydrogen-bond donors (Lipinski definition) is 0. The van der Waals surface area contributed by atoms with E-state index < -0.39 is 0 Å². The van der Waals surface area contributed by atoms with Gasteiger partial charge >= 0.3 is 0 Å². The smallest absolute Gasteiger partial charge is 0.0493 e. The SMILES string of the molecule is CCc1ccc[c-]c1-n1cccn1.[Ir]. The van der Waals surface area contributed by atoms with E-state index in [1.54, 1.807) is 6.20 Å². The number of para-hydroxylation sites is 1. The maximum absolute atomic E-state index is 4.18. The van der Waals surface area contributed by atoms with Gasteiger partial charge in [0.05, 0.1) is 0 Å². The molecule has 1 aromatic carbocycles. The van der Waals surface area contributed by atoms with Crippen LogP contribution in [0.25, 0.3) is 5.69 Å². The molecule has 75 valence electrons. The molecule has 0 N–H and O–H groups in total. The van der Waals surface area contributed by atoms with Crippen LogP contribution in [0.5, 0.6) is 0 Å². The summed E-state index contributed by atoms with van der Waals surface area (Å²) in [6, 6.07) is 11.1. The number of nitrogens with zero attached hydrogens (tertiary/aromatic N) is 2. The average molecular weight is 363 g/mol. The van der Waals surface area contributed by atoms with Crippen LogP contribution in [0, 0.1) is 6.07 Å². The van der Waals surface area contributed by atoms with Crippen LogP contribution < -0.4 is 0 Å². The van der Waals surface area contributed by atoms with Crippen molar-refractivity contribution in [2.45, 2.75) is 13.3 Å². The molecule has 0 atom stereocenters. The van der Waals surface area contributed by atoms with Gasteiger partial charge in [-0.15, -0.1) is 5.56 Å². The summed E-state index contributed by atoms with van der Waals surface area (Å²) in [6.45, 7) is 2.14. The number of benzene rings is 1. The van der Waals surface area contributed by atoms with Crippen molar-refractivity contribution in [2.75, 3.05) is 0 Å². The maximum atomic E-state index is 4.18. The van der Waals surface area contributed by atoms with Crippen molar-refractivity contribution in [1.82, 2.24) is 9.78 Å². The van der Waals surface area contributed by atoms with E-state index in [4.69, 9.17) is 0 Å². The molecule has 0 aliphatic rings. The van der Waals surface area contributed by atoms with Gasteiger partial charge in [-0.2, -0.15) is 29.4 Å². The molecule has 14 heavy (non-hydrogen) atoms. The summed E-state index contributed by atoms with van der Waals surface area (Å²) < 4.78 is 1.85. The molecule has 2 rings (SSSR count). The zero-order valence-electron chi connectivity index (χ0n) is 7.90. The molecule has 0 aliphatic carbocycles. The Morgan fingerprint density at radius 2 is 2.29 bits per heavy atom. The summed E-state index contributed by atoms with van der Waals surface area (Å²) in [5, 5.41) is 4.18. The minimum Gasteiger partial charge on any atom is -0.265 e. The van der Waals surface area contributed by atoms with Crippen LogP contribution in [0.4, 0.5) is 0 Å². The molecular formula is C11H11IrN2-. The zero-order chi connectivity index (χ0) is 9.10. The number of hydrogen-bond acceptors (Lipinski definition) is 1. The van der Waals surface area contributed by atoms with Gasteiger partial charge in [-0.05, 0) is 11.8 Å². The quantitative estimate of drug-likeness (QED) is 0.749. The van der Waals surface area contributed by atoms with Gasteiger partial charge < -0.3 is 0 Å². The van der Waals surface area contributed by atoms with E-state index in [1.165, 1.54) is 5.56 Å². The number of aryl methyl sites for hydroxylation is 1. The first kappa shape index (κ1) is 11.2. The van der Waals surface area contributed by atoms with E-state index >= 15 is 0 Å². The van der Waals surface area contributed by atoms with Gasteiger partial charge in [0, 0.05) is 32.5 Å². The predicted molar refractivity (Wildman–Crippen MR) is 51.8 cm³/mol. The van der Waals surface area contributed by atoms with Crippen molar-refractivity contribution >= 4 is 0 Å². The maximum Gasteiger partial charge on any atom is 0.0493 e. The second-order valence-corrected chi connectivity index (χ2v) is 2.85. The van der Waals surface area contributed by atoms with E-state index in [0.717, 1.165) is 12.1 Å². The standard InChI is InChI=1S/C11H11N2.Ir/c1-2-10-6-3-4-7-11(10)13-9-5-8-12-13;/h3-6,8-9H,2H2,1H3;/q-1;. The zero-order valence-corrected chi connectivity index (χ0v) is 10.3. The van der Waals surface area contributed by atoms with Crippen molar-refractivity contribution < 1.29 is 20.1 Å². The van der Waals surface area contributed by atoms with Crippen LogP contribution >= 0.6 is 0 Å². The molecule has 1 radical (unpaired) electrons. The van der Waals surface area contributed by atoms with E-state index in [-0.39, 0.29) is 20.1 Å². The summed E-state index contributed by atoms with van der Waals surface area (Å²) in [4.78, 5) is 0. The Balaban J connectivity index is 0.000000980. The van der Waals surface area contributed by atoms with Gasteiger partial charge in [0.2, 0.25) is 0 Å². The summed E-state index contributed by atoms with van der Waals surface area (Å²) in [5.41, 5.74) is 2.32. The van der Waals surface area contributed by atoms with Crippen LogP contribution in [0.3, 0.4) is 0 Å². The molecule has 0 fully saturated rings. The Bertz CT molecular complexity index is 382. The summed E-state index contributed by atoms with van der Waals surface area (Å²) >= 11 is 0. The molecule has 1 heterocycles. The van der Waals surface area contributed by atoms with Gasteiger partial charge in [-0.1, -0.05) is 13.3 Å². The third-order valence-electron chi connectivity index (χ3n) is 2.03. The third kappa shape index (κ3) is 2.11. The third-order valence-corrected chi connectivity index (χ3v) is 2.03. The predicted octanol–water partition coefficient (Wildman–Crippen LogP) is 2.23. The first-order valence-electron chi connectivity index (χ1n) is 4.41. The second kappa shape index (κ2) is 5.08. The van der Waals surface area contributed by atoms with E-state index in [1.807, 2.05) is 29.1 Å². The van der Waals surface area contributed by atoms with Crippen molar-refractivity contribution in [3.63, 3.8) is 0 Å². The molecule has 0 saturated carbocycles. The molecule has 0 unspecified atom stereocenters. The minimum atomic E-state index is 0. The van der Waals surface area contributed by atoms with Crippen molar-refractivity contribution in [3.05, 3.63) is 48.3 Å². The van der Waals surface area contributed by atoms with Gasteiger partial charge in [0.1, 0.15) is 0 Å². The number of aromatic nitrogens is 2. The van der Waals surface area contributed by atoms with Crippen LogP contribution in [-0.2, 0) is 26.5 Å². The molecule has 1 aromatic heterocycles. The summed E-state index contributed by atoms with van der Waals surface area (Å²) in [5.74, 6) is 0. The normalized spacial score (nSPS) is 9.50. The molecule has 0 amide bonds. The van der Waals surface area contributed by atoms with Crippen LogP contribution in [0.2, 0.25) is 0 Å². The van der Waals surface area contributed by atoms with Crippen LogP contribution in [-0.4, -0.2) is 9.78 Å². The van der Waals surface area contributed by atoms with E-state index in [9.17, 15) is 0 Å². The molecular weight excluding hydrogens is 352 g/mol. The van der Waals surface area contributed by atoms with Gasteiger partial charge in [-0.25, -0.2) is 0 Å². The minimum absolute atomic E-state index is 0. The molecule has 3 heteroatoms. The monoisotopic (exact) mass is 364 g/mol. The van der Waals surface area contributed by atoms with Crippen molar-refractivity contribution in [3.8, 4) is 5.69 Å². The molecule has 0 spiro atoms.